The molecule has 1 atom stereocenters. The van der Waals surface area contributed by atoms with Crippen molar-refractivity contribution in [3.8, 4) is 6.07 Å². The first-order valence-corrected chi connectivity index (χ1v) is 4.37. The second-order valence-corrected chi connectivity index (χ2v) is 3.10. The van der Waals surface area contributed by atoms with Crippen LogP contribution in [0, 0.1) is 11.3 Å². The molecular weight excluding hydrogens is 184 g/mol. The van der Waals surface area contributed by atoms with Crippen molar-refractivity contribution >= 4 is 11.7 Å². The smallest absolute Gasteiger partial charge is 0.255 e. The van der Waals surface area contributed by atoms with Crippen LogP contribution < -0.4 is 5.73 Å². The minimum Gasteiger partial charge on any atom is -0.409 e. The number of likely N-dealkylation sites (tertiary alicyclic amines) is 1. The third-order valence-electron chi connectivity index (χ3n) is 2.20. The van der Waals surface area contributed by atoms with Crippen LogP contribution in [0.15, 0.2) is 5.16 Å². The fraction of sp³-hybridized carbons (Fsp3) is 0.625. The number of hydrogen-bond acceptors (Lipinski definition) is 4. The van der Waals surface area contributed by atoms with Crippen LogP contribution >= 0.6 is 0 Å². The maximum atomic E-state index is 10.9. The fourth-order valence-corrected chi connectivity index (χ4v) is 1.51. The number of piperidine rings is 1. The van der Waals surface area contributed by atoms with Gasteiger partial charge in [-0.1, -0.05) is 5.16 Å². The normalized spacial score (nSPS) is 21.6. The summed E-state index contributed by atoms with van der Waals surface area (Å²) in [5.41, 5.74) is 5.06. The lowest BCUT2D eigenvalue weighted by Crippen LogP contribution is -2.49. The molecule has 0 saturated carbocycles. The molecule has 0 aromatic carbocycles. The quantitative estimate of drug-likeness (QED) is 0.464. The van der Waals surface area contributed by atoms with E-state index < -0.39 is 11.9 Å². The highest BCUT2D eigenvalue weighted by Gasteiger charge is 2.28. The van der Waals surface area contributed by atoms with Crippen LogP contribution in [-0.4, -0.2) is 34.4 Å². The van der Waals surface area contributed by atoms with Gasteiger partial charge in [0.25, 0.3) is 5.91 Å². The van der Waals surface area contributed by atoms with Crippen molar-refractivity contribution < 1.29 is 10.0 Å². The number of rotatable bonds is 2. The number of carbonyl (C=O) groups is 1. The first-order chi connectivity index (χ1) is 6.70. The maximum absolute atomic E-state index is 10.9. The number of amides is 1. The molecule has 0 bridgehead atoms. The number of hydrogen-bond donors (Lipinski definition) is 2. The van der Waals surface area contributed by atoms with Crippen LogP contribution in [0.3, 0.4) is 0 Å². The monoisotopic (exact) mass is 196 g/mol. The van der Waals surface area contributed by atoms with Crippen LogP contribution in [-0.2, 0) is 4.79 Å². The average molecular weight is 196 g/mol. The summed E-state index contributed by atoms with van der Waals surface area (Å²) in [7, 11) is 0. The molecular formula is C8H12N4O2. The zero-order valence-corrected chi connectivity index (χ0v) is 7.68. The van der Waals surface area contributed by atoms with Gasteiger partial charge < -0.3 is 15.8 Å². The summed E-state index contributed by atoms with van der Waals surface area (Å²) in [5, 5.41) is 20.5. The number of primary amides is 1. The SMILES string of the molecule is N#CC(C(N)=O)N1CCCCC1=NO. The summed E-state index contributed by atoms with van der Waals surface area (Å²) in [4.78, 5) is 12.4. The van der Waals surface area contributed by atoms with E-state index in [0.717, 1.165) is 12.8 Å². The predicted molar refractivity (Wildman–Crippen MR) is 48.4 cm³/mol. The number of oxime groups is 1. The van der Waals surface area contributed by atoms with E-state index in [1.807, 2.05) is 0 Å². The van der Waals surface area contributed by atoms with Gasteiger partial charge in [0.2, 0.25) is 0 Å². The molecule has 1 aliphatic rings. The molecule has 14 heavy (non-hydrogen) atoms. The molecule has 1 aliphatic heterocycles. The highest BCUT2D eigenvalue weighted by molar-refractivity contribution is 5.91. The first kappa shape index (κ1) is 10.3. The van der Waals surface area contributed by atoms with E-state index in [1.54, 1.807) is 6.07 Å². The molecule has 1 amide bonds. The van der Waals surface area contributed by atoms with Crippen LogP contribution in [0.25, 0.3) is 0 Å². The Hall–Kier alpha value is -1.77. The molecule has 1 unspecified atom stereocenters. The molecule has 0 spiro atoms. The Labute approximate surface area is 81.6 Å². The van der Waals surface area contributed by atoms with Gasteiger partial charge in [-0.2, -0.15) is 5.26 Å². The molecule has 76 valence electrons. The lowest BCUT2D eigenvalue weighted by atomic mass is 10.1. The third-order valence-corrected chi connectivity index (χ3v) is 2.20. The van der Waals surface area contributed by atoms with Crippen LogP contribution in [0.4, 0.5) is 0 Å². The van der Waals surface area contributed by atoms with Crippen molar-refractivity contribution in [1.29, 1.82) is 5.26 Å². The average Bonchev–Trinajstić information content (AvgIpc) is 2.19. The van der Waals surface area contributed by atoms with Crippen molar-refractivity contribution in [2.24, 2.45) is 10.9 Å². The van der Waals surface area contributed by atoms with E-state index in [4.69, 9.17) is 16.2 Å². The molecule has 1 fully saturated rings. The molecule has 0 radical (unpaired) electrons. The van der Waals surface area contributed by atoms with Crippen molar-refractivity contribution in [3.05, 3.63) is 0 Å². The number of nitriles is 1. The fourth-order valence-electron chi connectivity index (χ4n) is 1.51. The predicted octanol–water partition coefficient (Wildman–Crippen LogP) is -0.363. The van der Waals surface area contributed by atoms with Crippen LogP contribution in [0.1, 0.15) is 19.3 Å². The number of nitrogens with two attached hydrogens (primary N) is 1. The Bertz CT molecular complexity index is 294. The zero-order chi connectivity index (χ0) is 10.6. The Morgan fingerprint density at radius 3 is 2.93 bits per heavy atom. The van der Waals surface area contributed by atoms with Gasteiger partial charge in [0.05, 0.1) is 6.07 Å². The zero-order valence-electron chi connectivity index (χ0n) is 7.68. The van der Waals surface area contributed by atoms with Gasteiger partial charge in [-0.3, -0.25) is 4.79 Å². The molecule has 0 aromatic heterocycles. The number of carbonyl (C=O) groups excluding carboxylic acids is 1. The van der Waals surface area contributed by atoms with Gasteiger partial charge in [-0.05, 0) is 12.8 Å². The Kier molecular flexibility index (Phi) is 3.29. The summed E-state index contributed by atoms with van der Waals surface area (Å²) in [6, 6.07) is 0.768. The van der Waals surface area contributed by atoms with E-state index in [0.29, 0.717) is 18.8 Å². The topological polar surface area (TPSA) is 103 Å². The van der Waals surface area contributed by atoms with Crippen molar-refractivity contribution in [1.82, 2.24) is 4.90 Å². The number of nitrogens with zero attached hydrogens (tertiary/aromatic N) is 3. The van der Waals surface area contributed by atoms with Gasteiger partial charge in [0.1, 0.15) is 5.84 Å². The van der Waals surface area contributed by atoms with Crippen LogP contribution in [0.2, 0.25) is 0 Å². The number of amidine groups is 1. The molecule has 1 saturated heterocycles. The van der Waals surface area contributed by atoms with E-state index in [9.17, 15) is 4.79 Å². The lowest BCUT2D eigenvalue weighted by molar-refractivity contribution is -0.120. The second-order valence-electron chi connectivity index (χ2n) is 3.10. The molecule has 1 rings (SSSR count). The Morgan fingerprint density at radius 2 is 2.43 bits per heavy atom. The molecule has 6 heteroatoms. The molecule has 1 heterocycles. The standard InChI is InChI=1S/C8H12N4O2/c9-5-6(8(10)13)12-4-2-1-3-7(12)11-14/h6,14H,1-4H2,(H2,10,13). The van der Waals surface area contributed by atoms with Gasteiger partial charge in [-0.15, -0.1) is 0 Å². The van der Waals surface area contributed by atoms with Crippen molar-refractivity contribution in [3.63, 3.8) is 0 Å². The van der Waals surface area contributed by atoms with Crippen molar-refractivity contribution in [2.75, 3.05) is 6.54 Å². The summed E-state index contributed by atoms with van der Waals surface area (Å²) in [6.07, 6.45) is 2.33. The van der Waals surface area contributed by atoms with Gasteiger partial charge >= 0.3 is 0 Å². The maximum Gasteiger partial charge on any atom is 0.255 e. The Balaban J connectivity index is 2.83. The molecule has 0 aromatic rings. The van der Waals surface area contributed by atoms with E-state index in [-0.39, 0.29) is 0 Å². The lowest BCUT2D eigenvalue weighted by Gasteiger charge is -2.31. The summed E-state index contributed by atoms with van der Waals surface area (Å²) >= 11 is 0. The Morgan fingerprint density at radius 1 is 1.71 bits per heavy atom. The summed E-state index contributed by atoms with van der Waals surface area (Å²) in [5.74, 6) is -0.350. The first-order valence-electron chi connectivity index (χ1n) is 4.37. The van der Waals surface area contributed by atoms with Crippen LogP contribution in [0.5, 0.6) is 0 Å². The van der Waals surface area contributed by atoms with E-state index in [2.05, 4.69) is 5.16 Å². The minimum atomic E-state index is -1.03. The van der Waals surface area contributed by atoms with Gasteiger partial charge in [-0.25, -0.2) is 0 Å². The largest absolute Gasteiger partial charge is 0.409 e. The van der Waals surface area contributed by atoms with Gasteiger partial charge in [0.15, 0.2) is 6.04 Å². The highest BCUT2D eigenvalue weighted by Crippen LogP contribution is 2.14. The molecule has 0 aliphatic carbocycles. The second kappa shape index (κ2) is 4.46. The third kappa shape index (κ3) is 1.93. The summed E-state index contributed by atoms with van der Waals surface area (Å²) < 4.78 is 0. The molecule has 6 nitrogen and oxygen atoms in total. The van der Waals surface area contributed by atoms with Crippen molar-refractivity contribution in [2.45, 2.75) is 25.3 Å². The minimum absolute atomic E-state index is 0.363. The van der Waals surface area contributed by atoms with E-state index >= 15 is 0 Å². The summed E-state index contributed by atoms with van der Waals surface area (Å²) in [6.45, 7) is 0.528. The van der Waals surface area contributed by atoms with E-state index in [1.165, 1.54) is 4.90 Å². The van der Waals surface area contributed by atoms with Gasteiger partial charge in [0, 0.05) is 13.0 Å². The molecule has 3 N–H and O–H groups in total. The highest BCUT2D eigenvalue weighted by atomic mass is 16.4.